The van der Waals surface area contributed by atoms with Crippen LogP contribution in [-0.2, 0) is 9.47 Å². The van der Waals surface area contributed by atoms with Crippen LogP contribution in [0.2, 0.25) is 0 Å². The van der Waals surface area contributed by atoms with Crippen molar-refractivity contribution in [3.63, 3.8) is 0 Å². The second kappa shape index (κ2) is 9.46. The highest BCUT2D eigenvalue weighted by molar-refractivity contribution is 6.10. The number of carbonyl (C=O) groups excluding carboxylic acids is 2. The second-order valence-electron chi connectivity index (χ2n) is 7.14. The van der Waals surface area contributed by atoms with Crippen LogP contribution in [0.4, 0.5) is 11.4 Å². The van der Waals surface area contributed by atoms with Gasteiger partial charge in [-0.3, -0.25) is 20.2 Å². The third kappa shape index (κ3) is 3.91. The summed E-state index contributed by atoms with van der Waals surface area (Å²) in [5.74, 6) is -1.92. The Morgan fingerprint density at radius 1 is 0.750 bits per heavy atom. The molecule has 0 saturated carbocycles. The average Bonchev–Trinajstić information content (AvgIpc) is 3.60. The van der Waals surface area contributed by atoms with Gasteiger partial charge in [-0.15, -0.1) is 0 Å². The molecule has 0 unspecified atom stereocenters. The van der Waals surface area contributed by atoms with Gasteiger partial charge in [0.15, 0.2) is 0 Å². The molecule has 0 fully saturated rings. The topological polar surface area (TPSA) is 196 Å². The van der Waals surface area contributed by atoms with E-state index in [4.69, 9.17) is 9.47 Å². The average molecular weight is 492 g/mol. The smallest absolute Gasteiger partial charge is 0.338 e. The van der Waals surface area contributed by atoms with Gasteiger partial charge in [-0.1, -0.05) is 0 Å². The minimum atomic E-state index is -1.02. The Balaban J connectivity index is 2.27. The molecule has 0 bridgehead atoms. The van der Waals surface area contributed by atoms with Gasteiger partial charge in [-0.2, -0.15) is 0 Å². The van der Waals surface area contributed by atoms with Crippen LogP contribution >= 0.6 is 0 Å². The molecule has 0 aliphatic heterocycles. The molecule has 36 heavy (non-hydrogen) atoms. The normalized spacial score (nSPS) is 10.6. The monoisotopic (exact) mass is 492 g/mol. The molecule has 0 aliphatic rings. The number of hydrogen-bond donors (Lipinski definition) is 2. The number of rotatable bonds is 7. The van der Waals surface area contributed by atoms with Crippen molar-refractivity contribution in [3.8, 4) is 33.9 Å². The Labute approximate surface area is 201 Å². The molecule has 182 valence electrons. The summed E-state index contributed by atoms with van der Waals surface area (Å²) in [4.78, 5) is 62.3. The van der Waals surface area contributed by atoms with Crippen molar-refractivity contribution in [2.45, 2.75) is 0 Å². The van der Waals surface area contributed by atoms with Gasteiger partial charge in [-0.05, 0) is 24.3 Å². The molecule has 0 atom stereocenters. The van der Waals surface area contributed by atoms with Crippen LogP contribution in [-0.4, -0.2) is 55.9 Å². The highest BCUT2D eigenvalue weighted by Gasteiger charge is 2.38. The zero-order valence-electron chi connectivity index (χ0n) is 18.7. The van der Waals surface area contributed by atoms with Crippen molar-refractivity contribution in [1.82, 2.24) is 19.9 Å². The lowest BCUT2D eigenvalue weighted by Crippen LogP contribution is -2.12. The summed E-state index contributed by atoms with van der Waals surface area (Å²) in [5.41, 5.74) is -3.38. The lowest BCUT2D eigenvalue weighted by atomic mass is 9.88. The fourth-order valence-corrected chi connectivity index (χ4v) is 3.84. The number of esters is 2. The van der Waals surface area contributed by atoms with Crippen LogP contribution in [0.25, 0.3) is 33.9 Å². The quantitative estimate of drug-likeness (QED) is 0.219. The van der Waals surface area contributed by atoms with E-state index in [1.807, 2.05) is 0 Å². The molecule has 0 aliphatic carbocycles. The van der Waals surface area contributed by atoms with Gasteiger partial charge in [0.25, 0.3) is 11.4 Å². The van der Waals surface area contributed by atoms with Gasteiger partial charge in [0.05, 0.1) is 57.4 Å². The first kappa shape index (κ1) is 23.7. The fourth-order valence-electron chi connectivity index (χ4n) is 3.84. The number of imidazole rings is 2. The molecule has 2 N–H and O–H groups in total. The molecule has 4 aromatic rings. The number of nitro groups is 2. The number of H-pyrrole nitrogens is 2. The molecule has 4 rings (SSSR count). The van der Waals surface area contributed by atoms with E-state index in [2.05, 4.69) is 19.9 Å². The molecule has 0 radical (unpaired) electrons. The van der Waals surface area contributed by atoms with Crippen molar-refractivity contribution in [3.05, 3.63) is 80.4 Å². The maximum Gasteiger partial charge on any atom is 0.338 e. The first-order chi connectivity index (χ1) is 17.3. The number of methoxy groups -OCH3 is 2. The Morgan fingerprint density at radius 2 is 1.14 bits per heavy atom. The van der Waals surface area contributed by atoms with Crippen molar-refractivity contribution < 1.29 is 28.9 Å². The fraction of sp³-hybridized carbons (Fsp3) is 0.0909. The summed E-state index contributed by atoms with van der Waals surface area (Å²) in [6.07, 6.45) is 5.55. The number of nitro benzene ring substituents is 2. The Bertz CT molecular complexity index is 1380. The van der Waals surface area contributed by atoms with E-state index >= 15 is 0 Å². The van der Waals surface area contributed by atoms with E-state index in [1.165, 1.54) is 49.1 Å². The van der Waals surface area contributed by atoms with Crippen molar-refractivity contribution in [2.24, 2.45) is 0 Å². The molecule has 14 heteroatoms. The van der Waals surface area contributed by atoms with Gasteiger partial charge < -0.3 is 19.4 Å². The summed E-state index contributed by atoms with van der Waals surface area (Å²) in [5, 5.41) is 24.9. The largest absolute Gasteiger partial charge is 0.465 e. The minimum Gasteiger partial charge on any atom is -0.465 e. The molecule has 0 amide bonds. The number of hydrogen-bond acceptors (Lipinski definition) is 10. The molecule has 2 aromatic carbocycles. The van der Waals surface area contributed by atoms with Gasteiger partial charge in [-0.25, -0.2) is 19.6 Å². The molecule has 14 nitrogen and oxygen atoms in total. The zero-order chi connectivity index (χ0) is 26.0. The van der Waals surface area contributed by atoms with Crippen LogP contribution in [0, 0.1) is 20.2 Å². The number of nitrogens with one attached hydrogen (secondary N) is 2. The van der Waals surface area contributed by atoms with Gasteiger partial charge in [0.2, 0.25) is 0 Å². The van der Waals surface area contributed by atoms with Gasteiger partial charge >= 0.3 is 11.9 Å². The molecular weight excluding hydrogens is 476 g/mol. The van der Waals surface area contributed by atoms with Gasteiger partial charge in [0.1, 0.15) is 11.6 Å². The first-order valence-corrected chi connectivity index (χ1v) is 10.1. The van der Waals surface area contributed by atoms with Gasteiger partial charge in [0, 0.05) is 24.8 Å². The summed E-state index contributed by atoms with van der Waals surface area (Å²) in [7, 11) is 2.10. The Kier molecular flexibility index (Phi) is 6.24. The van der Waals surface area contributed by atoms with E-state index < -0.39 is 44.3 Å². The Morgan fingerprint density at radius 3 is 1.42 bits per heavy atom. The van der Waals surface area contributed by atoms with Crippen LogP contribution in [0.3, 0.4) is 0 Å². The number of ether oxygens (including phenoxy) is 2. The lowest BCUT2D eigenvalue weighted by Gasteiger charge is -2.16. The minimum absolute atomic E-state index is 0.0591. The standard InChI is InChI=1S/C22H16N6O8/c1-35-21(29)11-3-5-13(19-23-7-8-24-19)17(27(31)32)15(11)16-12(22(30)36-2)4-6-14(18(16)28(33)34)20-25-9-10-26-20/h3-10H,1-2H3,(H,23,24)(H,25,26). The van der Waals surface area contributed by atoms with Crippen molar-refractivity contribution in [1.29, 1.82) is 0 Å². The van der Waals surface area contributed by atoms with Crippen molar-refractivity contribution in [2.75, 3.05) is 14.2 Å². The highest BCUT2D eigenvalue weighted by Crippen LogP contribution is 2.48. The van der Waals surface area contributed by atoms with E-state index in [1.54, 1.807) is 0 Å². The summed E-state index contributed by atoms with van der Waals surface area (Å²) < 4.78 is 9.61. The summed E-state index contributed by atoms with van der Waals surface area (Å²) in [6.45, 7) is 0. The number of aromatic nitrogens is 4. The molecule has 0 saturated heterocycles. The summed E-state index contributed by atoms with van der Waals surface area (Å²) in [6, 6.07) is 4.92. The van der Waals surface area contributed by atoms with Crippen LogP contribution in [0.5, 0.6) is 0 Å². The third-order valence-corrected chi connectivity index (χ3v) is 5.29. The zero-order valence-corrected chi connectivity index (χ0v) is 18.7. The molecular formula is C22H16N6O8. The maximum absolute atomic E-state index is 12.8. The Hall–Kier alpha value is -5.40. The number of aromatic amines is 2. The maximum atomic E-state index is 12.8. The third-order valence-electron chi connectivity index (χ3n) is 5.29. The molecule has 0 spiro atoms. The highest BCUT2D eigenvalue weighted by atomic mass is 16.6. The predicted molar refractivity (Wildman–Crippen MR) is 123 cm³/mol. The number of carbonyl (C=O) groups is 2. The molecule has 2 heterocycles. The van der Waals surface area contributed by atoms with E-state index in [0.717, 1.165) is 14.2 Å². The second-order valence-corrected chi connectivity index (χ2v) is 7.14. The number of nitrogens with zero attached hydrogens (tertiary/aromatic N) is 4. The van der Waals surface area contributed by atoms with Crippen LogP contribution in [0.1, 0.15) is 20.7 Å². The number of benzene rings is 2. The van der Waals surface area contributed by atoms with E-state index in [0.29, 0.717) is 0 Å². The van der Waals surface area contributed by atoms with E-state index in [9.17, 15) is 29.8 Å². The van der Waals surface area contributed by atoms with Crippen LogP contribution in [0.15, 0.2) is 49.1 Å². The SMILES string of the molecule is COC(=O)c1ccc(-c2ncc[nH]2)c([N+](=O)[O-])c1-c1c(C(=O)OC)ccc(-c2ncc[nH]2)c1[N+](=O)[O-]. The first-order valence-electron chi connectivity index (χ1n) is 10.1. The van der Waals surface area contributed by atoms with E-state index in [-0.39, 0.29) is 33.9 Å². The molecule has 2 aromatic heterocycles. The lowest BCUT2D eigenvalue weighted by molar-refractivity contribution is -0.385. The van der Waals surface area contributed by atoms with Crippen molar-refractivity contribution >= 4 is 23.3 Å². The summed E-state index contributed by atoms with van der Waals surface area (Å²) >= 11 is 0. The predicted octanol–water partition coefficient (Wildman–Crippen LogP) is 3.52. The van der Waals surface area contributed by atoms with Crippen LogP contribution < -0.4 is 0 Å².